The van der Waals surface area contributed by atoms with E-state index in [1.807, 2.05) is 43.3 Å². The largest absolute Gasteiger partial charge is 0.375 e. The van der Waals surface area contributed by atoms with Crippen LogP contribution in [0.1, 0.15) is 15.9 Å². The average molecular weight is 341 g/mol. The van der Waals surface area contributed by atoms with Crippen molar-refractivity contribution < 1.29 is 9.59 Å². The summed E-state index contributed by atoms with van der Waals surface area (Å²) in [4.78, 5) is 27.2. The molecule has 1 aliphatic heterocycles. The maximum atomic E-state index is 12.6. The number of anilines is 2. The van der Waals surface area contributed by atoms with E-state index in [4.69, 9.17) is 5.73 Å². The van der Waals surface area contributed by atoms with Crippen LogP contribution in [0.4, 0.5) is 11.4 Å². The zero-order valence-electron chi connectivity index (χ0n) is 13.4. The first-order chi connectivity index (χ1) is 11.6. The van der Waals surface area contributed by atoms with E-state index in [2.05, 4.69) is 5.32 Å². The van der Waals surface area contributed by atoms with Gasteiger partial charge in [0.2, 0.25) is 5.91 Å². The highest BCUT2D eigenvalue weighted by Crippen LogP contribution is 2.34. The normalized spacial score (nSPS) is 13.3. The zero-order chi connectivity index (χ0) is 17.1. The summed E-state index contributed by atoms with van der Waals surface area (Å²) in [5.74, 6) is 0.349. The van der Waals surface area contributed by atoms with Crippen LogP contribution in [-0.4, -0.2) is 30.7 Å². The van der Waals surface area contributed by atoms with Crippen molar-refractivity contribution in [2.24, 2.45) is 5.73 Å². The molecule has 0 aliphatic carbocycles. The minimum atomic E-state index is -0.497. The minimum Gasteiger partial charge on any atom is -0.375 e. The van der Waals surface area contributed by atoms with E-state index in [1.165, 1.54) is 0 Å². The second-order valence-electron chi connectivity index (χ2n) is 5.58. The van der Waals surface area contributed by atoms with Crippen LogP contribution in [0, 0.1) is 6.92 Å². The summed E-state index contributed by atoms with van der Waals surface area (Å²) in [5.41, 5.74) is 8.21. The molecule has 124 valence electrons. The summed E-state index contributed by atoms with van der Waals surface area (Å²) in [7, 11) is 0. The third-order valence-corrected chi connectivity index (χ3v) is 5.02. The number of primary amides is 1. The van der Waals surface area contributed by atoms with Crippen molar-refractivity contribution in [2.45, 2.75) is 11.8 Å². The van der Waals surface area contributed by atoms with Crippen molar-refractivity contribution in [3.05, 3.63) is 53.6 Å². The predicted molar refractivity (Wildman–Crippen MR) is 97.7 cm³/mol. The van der Waals surface area contributed by atoms with Gasteiger partial charge < -0.3 is 16.0 Å². The van der Waals surface area contributed by atoms with Gasteiger partial charge in [0, 0.05) is 22.9 Å². The molecule has 2 amide bonds. The van der Waals surface area contributed by atoms with Crippen LogP contribution in [-0.2, 0) is 4.79 Å². The van der Waals surface area contributed by atoms with E-state index in [1.54, 1.807) is 22.7 Å². The lowest BCUT2D eigenvalue weighted by atomic mass is 10.1. The molecule has 6 heteroatoms. The Hall–Kier alpha value is -2.47. The molecule has 1 aliphatic rings. The summed E-state index contributed by atoms with van der Waals surface area (Å²) >= 11 is 1.76. The van der Waals surface area contributed by atoms with E-state index in [0.29, 0.717) is 17.8 Å². The molecule has 0 saturated heterocycles. The van der Waals surface area contributed by atoms with Gasteiger partial charge >= 0.3 is 0 Å². The van der Waals surface area contributed by atoms with Crippen LogP contribution in [0.25, 0.3) is 0 Å². The summed E-state index contributed by atoms with van der Waals surface area (Å²) in [6, 6.07) is 13.3. The van der Waals surface area contributed by atoms with Crippen LogP contribution in [0.3, 0.4) is 0 Å². The van der Waals surface area contributed by atoms with E-state index >= 15 is 0 Å². The smallest absolute Gasteiger partial charge is 0.251 e. The fraction of sp³-hybridized carbons (Fsp3) is 0.222. The quantitative estimate of drug-likeness (QED) is 0.896. The molecule has 0 unspecified atom stereocenters. The van der Waals surface area contributed by atoms with E-state index < -0.39 is 5.91 Å². The highest BCUT2D eigenvalue weighted by atomic mass is 32.2. The number of nitrogens with two attached hydrogens (primary N) is 1. The van der Waals surface area contributed by atoms with Crippen LogP contribution >= 0.6 is 11.8 Å². The number of benzene rings is 2. The fourth-order valence-corrected chi connectivity index (χ4v) is 3.83. The van der Waals surface area contributed by atoms with Crippen molar-refractivity contribution in [1.82, 2.24) is 0 Å². The first kappa shape index (κ1) is 16.4. The second kappa shape index (κ2) is 6.97. The molecule has 5 nitrogen and oxygen atoms in total. The molecule has 0 atom stereocenters. The van der Waals surface area contributed by atoms with Gasteiger partial charge in [-0.3, -0.25) is 9.59 Å². The Morgan fingerprint density at radius 1 is 1.21 bits per heavy atom. The van der Waals surface area contributed by atoms with Gasteiger partial charge in [-0.05, 0) is 30.7 Å². The Bertz CT molecular complexity index is 792. The second-order valence-corrected chi connectivity index (χ2v) is 6.71. The number of aryl methyl sites for hydroxylation is 1. The maximum Gasteiger partial charge on any atom is 0.251 e. The van der Waals surface area contributed by atoms with Crippen LogP contribution in [0.2, 0.25) is 0 Å². The minimum absolute atomic E-state index is 0.0281. The third-order valence-electron chi connectivity index (χ3n) is 3.98. The first-order valence-electron chi connectivity index (χ1n) is 7.73. The molecule has 0 bridgehead atoms. The molecule has 24 heavy (non-hydrogen) atoms. The molecular weight excluding hydrogens is 322 g/mol. The highest BCUT2D eigenvalue weighted by molar-refractivity contribution is 7.99. The Balaban J connectivity index is 1.76. The summed E-state index contributed by atoms with van der Waals surface area (Å²) in [6.07, 6.45) is 0. The van der Waals surface area contributed by atoms with Crippen molar-refractivity contribution in [1.29, 1.82) is 0 Å². The lowest BCUT2D eigenvalue weighted by molar-refractivity contribution is -0.117. The molecule has 3 rings (SSSR count). The lowest BCUT2D eigenvalue weighted by Gasteiger charge is -2.29. The molecule has 2 aromatic carbocycles. The Morgan fingerprint density at radius 2 is 2.00 bits per heavy atom. The molecule has 0 aromatic heterocycles. The SMILES string of the molecule is Cc1cccc(NCC(=O)N2CCSc3ccccc32)c1C(N)=O. The van der Waals surface area contributed by atoms with Crippen LogP contribution in [0.15, 0.2) is 47.4 Å². The molecule has 1 heterocycles. The molecule has 0 spiro atoms. The number of amides is 2. The predicted octanol–water partition coefficient (Wildman–Crippen LogP) is 2.64. The van der Waals surface area contributed by atoms with Crippen molar-refractivity contribution >= 4 is 35.0 Å². The number of fused-ring (bicyclic) bond motifs is 1. The topological polar surface area (TPSA) is 75.4 Å². The van der Waals surface area contributed by atoms with Gasteiger partial charge in [0.15, 0.2) is 0 Å². The van der Waals surface area contributed by atoms with Gasteiger partial charge in [-0.1, -0.05) is 24.3 Å². The number of hydrogen-bond acceptors (Lipinski definition) is 4. The number of hydrogen-bond donors (Lipinski definition) is 2. The number of carbonyl (C=O) groups is 2. The van der Waals surface area contributed by atoms with Crippen LogP contribution in [0.5, 0.6) is 0 Å². The number of para-hydroxylation sites is 1. The Labute approximate surface area is 145 Å². The van der Waals surface area contributed by atoms with Crippen molar-refractivity contribution in [2.75, 3.05) is 29.1 Å². The fourth-order valence-electron chi connectivity index (χ4n) is 2.84. The van der Waals surface area contributed by atoms with E-state index in [0.717, 1.165) is 21.9 Å². The molecule has 0 fully saturated rings. The van der Waals surface area contributed by atoms with Crippen molar-refractivity contribution in [3.8, 4) is 0 Å². The maximum absolute atomic E-state index is 12.6. The van der Waals surface area contributed by atoms with Crippen molar-refractivity contribution in [3.63, 3.8) is 0 Å². The molecule has 2 aromatic rings. The summed E-state index contributed by atoms with van der Waals surface area (Å²) < 4.78 is 0. The summed E-state index contributed by atoms with van der Waals surface area (Å²) in [5, 5.41) is 3.06. The lowest BCUT2D eigenvalue weighted by Crippen LogP contribution is -2.39. The monoisotopic (exact) mass is 341 g/mol. The van der Waals surface area contributed by atoms with E-state index in [9.17, 15) is 9.59 Å². The molecular formula is C18H19N3O2S. The van der Waals surface area contributed by atoms with Gasteiger partial charge in [0.05, 0.1) is 17.8 Å². The zero-order valence-corrected chi connectivity index (χ0v) is 14.2. The van der Waals surface area contributed by atoms with Gasteiger partial charge in [-0.25, -0.2) is 0 Å². The standard InChI is InChI=1S/C18H19N3O2S/c1-12-5-4-6-13(17(12)18(19)23)20-11-16(22)21-9-10-24-15-8-3-2-7-14(15)21/h2-8,20H,9-11H2,1H3,(H2,19,23). The highest BCUT2D eigenvalue weighted by Gasteiger charge is 2.22. The first-order valence-corrected chi connectivity index (χ1v) is 8.72. The molecule has 0 radical (unpaired) electrons. The third kappa shape index (κ3) is 3.23. The molecule has 0 saturated carbocycles. The number of nitrogens with one attached hydrogen (secondary N) is 1. The van der Waals surface area contributed by atoms with Gasteiger partial charge in [-0.2, -0.15) is 0 Å². The Kier molecular flexibility index (Phi) is 4.76. The Morgan fingerprint density at radius 3 is 2.79 bits per heavy atom. The number of thioether (sulfide) groups is 1. The van der Waals surface area contributed by atoms with Gasteiger partial charge in [0.25, 0.3) is 5.91 Å². The summed E-state index contributed by atoms with van der Waals surface area (Å²) in [6.45, 7) is 2.62. The van der Waals surface area contributed by atoms with Crippen LogP contribution < -0.4 is 16.0 Å². The van der Waals surface area contributed by atoms with Gasteiger partial charge in [0.1, 0.15) is 0 Å². The number of carbonyl (C=O) groups excluding carboxylic acids is 2. The van der Waals surface area contributed by atoms with Gasteiger partial charge in [-0.15, -0.1) is 11.8 Å². The number of nitrogens with zero attached hydrogens (tertiary/aromatic N) is 1. The van der Waals surface area contributed by atoms with E-state index in [-0.39, 0.29) is 12.5 Å². The average Bonchev–Trinajstić information content (AvgIpc) is 2.58. The number of rotatable bonds is 4. The molecule has 3 N–H and O–H groups in total.